The van der Waals surface area contributed by atoms with Crippen LogP contribution in [-0.2, 0) is 16.1 Å². The lowest BCUT2D eigenvalue weighted by Gasteiger charge is -2.39. The van der Waals surface area contributed by atoms with E-state index in [0.29, 0.717) is 18.4 Å². The van der Waals surface area contributed by atoms with Crippen LogP contribution in [0.5, 0.6) is 0 Å². The molecule has 1 N–H and O–H groups in total. The Labute approximate surface area is 147 Å². The average Bonchev–Trinajstić information content (AvgIpc) is 2.78. The van der Waals surface area contributed by atoms with Gasteiger partial charge < -0.3 is 14.4 Å². The molecule has 2 unspecified atom stereocenters. The lowest BCUT2D eigenvalue weighted by atomic mass is 9.67. The van der Waals surface area contributed by atoms with Crippen LogP contribution >= 0.6 is 11.3 Å². The molecule has 4 atom stereocenters. The van der Waals surface area contributed by atoms with E-state index < -0.39 is 0 Å². The molecule has 0 spiro atoms. The van der Waals surface area contributed by atoms with Gasteiger partial charge in [-0.3, -0.25) is 4.79 Å². The number of rotatable bonds is 4. The van der Waals surface area contributed by atoms with Gasteiger partial charge in [-0.25, -0.2) is 0 Å². The largest absolute Gasteiger partial charge is 0.393 e. The summed E-state index contributed by atoms with van der Waals surface area (Å²) in [6.07, 6.45) is 4.48. The second kappa shape index (κ2) is 7.50. The zero-order valence-corrected chi connectivity index (χ0v) is 15.6. The first kappa shape index (κ1) is 17.8. The summed E-state index contributed by atoms with van der Waals surface area (Å²) in [6.45, 7) is 5.47. The van der Waals surface area contributed by atoms with Gasteiger partial charge in [-0.1, -0.05) is 0 Å². The Morgan fingerprint density at radius 3 is 2.54 bits per heavy atom. The number of aliphatic hydroxyl groups is 1. The Bertz CT molecular complexity index is 646. The van der Waals surface area contributed by atoms with Crippen LogP contribution < -0.4 is 4.80 Å². The maximum atomic E-state index is 12.8. The van der Waals surface area contributed by atoms with Crippen LogP contribution in [0.1, 0.15) is 42.7 Å². The van der Waals surface area contributed by atoms with Crippen molar-refractivity contribution in [3.8, 4) is 0 Å². The maximum absolute atomic E-state index is 12.8. The van der Waals surface area contributed by atoms with Gasteiger partial charge in [0.25, 0.3) is 5.91 Å². The molecule has 1 heterocycles. The van der Waals surface area contributed by atoms with Crippen molar-refractivity contribution in [1.82, 2.24) is 4.57 Å². The second-order valence-corrected chi connectivity index (χ2v) is 8.56. The Morgan fingerprint density at radius 1 is 1.25 bits per heavy atom. The number of aryl methyl sites for hydroxylation is 1. The van der Waals surface area contributed by atoms with Gasteiger partial charge in [0.1, 0.15) is 0 Å². The SMILES string of the molecule is COCCn1c(C)c(C)sc1=NC(=O)C1C[C@H]2CC(O)C[C@@H](C1)C2. The summed E-state index contributed by atoms with van der Waals surface area (Å²) in [6, 6.07) is 0. The maximum Gasteiger partial charge on any atom is 0.251 e. The number of nitrogens with zero attached hydrogens (tertiary/aromatic N) is 2. The molecule has 0 aromatic carbocycles. The minimum absolute atomic E-state index is 0.0218. The highest BCUT2D eigenvalue weighted by Gasteiger charge is 2.38. The molecule has 134 valence electrons. The third-order valence-electron chi connectivity index (χ3n) is 5.58. The molecule has 1 aromatic heterocycles. The minimum atomic E-state index is -0.166. The second-order valence-electron chi connectivity index (χ2n) is 7.38. The summed E-state index contributed by atoms with van der Waals surface area (Å²) >= 11 is 1.59. The van der Waals surface area contributed by atoms with Crippen molar-refractivity contribution in [1.29, 1.82) is 0 Å². The summed E-state index contributed by atoms with van der Waals surface area (Å²) in [7, 11) is 1.69. The van der Waals surface area contributed by atoms with Crippen molar-refractivity contribution >= 4 is 17.2 Å². The van der Waals surface area contributed by atoms with Crippen LogP contribution in [0.25, 0.3) is 0 Å². The van der Waals surface area contributed by atoms with Gasteiger partial charge in [-0.2, -0.15) is 4.99 Å². The molecular formula is C18H28N2O3S. The van der Waals surface area contributed by atoms with Gasteiger partial charge >= 0.3 is 0 Å². The number of aromatic nitrogens is 1. The molecule has 1 amide bonds. The molecule has 0 radical (unpaired) electrons. The Morgan fingerprint density at radius 2 is 1.92 bits per heavy atom. The van der Waals surface area contributed by atoms with E-state index in [1.54, 1.807) is 18.4 Å². The van der Waals surface area contributed by atoms with Gasteiger partial charge in [0.2, 0.25) is 0 Å². The Balaban J connectivity index is 1.79. The number of hydrogen-bond acceptors (Lipinski definition) is 4. The molecule has 5 nitrogen and oxygen atoms in total. The lowest BCUT2D eigenvalue weighted by molar-refractivity contribution is -0.125. The summed E-state index contributed by atoms with van der Waals surface area (Å²) in [5.74, 6) is 1.03. The van der Waals surface area contributed by atoms with Crippen molar-refractivity contribution in [2.24, 2.45) is 22.7 Å². The van der Waals surface area contributed by atoms with E-state index >= 15 is 0 Å². The van der Waals surface area contributed by atoms with Crippen molar-refractivity contribution < 1.29 is 14.6 Å². The average molecular weight is 353 g/mol. The first-order valence-corrected chi connectivity index (χ1v) is 9.72. The van der Waals surface area contributed by atoms with E-state index in [-0.39, 0.29) is 17.9 Å². The van der Waals surface area contributed by atoms with E-state index in [9.17, 15) is 9.90 Å². The fourth-order valence-electron chi connectivity index (χ4n) is 4.33. The molecule has 2 aliphatic carbocycles. The quantitative estimate of drug-likeness (QED) is 0.905. The first-order chi connectivity index (χ1) is 11.5. The van der Waals surface area contributed by atoms with Gasteiger partial charge in [-0.05, 0) is 57.8 Å². The number of fused-ring (bicyclic) bond motifs is 2. The molecule has 3 rings (SSSR count). The number of carbonyl (C=O) groups excluding carboxylic acids is 1. The van der Waals surface area contributed by atoms with Crippen molar-refractivity contribution in [3.63, 3.8) is 0 Å². The number of methoxy groups -OCH3 is 1. The van der Waals surface area contributed by atoms with Crippen molar-refractivity contribution in [2.45, 2.75) is 58.6 Å². The molecular weight excluding hydrogens is 324 g/mol. The molecule has 24 heavy (non-hydrogen) atoms. The Hall–Kier alpha value is -0.980. The highest BCUT2D eigenvalue weighted by Crippen LogP contribution is 2.42. The monoisotopic (exact) mass is 352 g/mol. The Kier molecular flexibility index (Phi) is 5.57. The molecule has 2 fully saturated rings. The highest BCUT2D eigenvalue weighted by atomic mass is 32.1. The third-order valence-corrected chi connectivity index (χ3v) is 6.67. The number of carbonyl (C=O) groups is 1. The van der Waals surface area contributed by atoms with E-state index in [1.807, 2.05) is 0 Å². The summed E-state index contributed by atoms with van der Waals surface area (Å²) < 4.78 is 7.27. The predicted molar refractivity (Wildman–Crippen MR) is 93.8 cm³/mol. The van der Waals surface area contributed by atoms with Crippen LogP contribution in [0.4, 0.5) is 0 Å². The zero-order valence-electron chi connectivity index (χ0n) is 14.8. The smallest absolute Gasteiger partial charge is 0.251 e. The molecule has 2 bridgehead atoms. The van der Waals surface area contributed by atoms with Gasteiger partial charge in [0, 0.05) is 30.1 Å². The fraction of sp³-hybridized carbons (Fsp3) is 0.778. The minimum Gasteiger partial charge on any atom is -0.393 e. The predicted octanol–water partition coefficient (Wildman–Crippen LogP) is 2.43. The van der Waals surface area contributed by atoms with Gasteiger partial charge in [0.15, 0.2) is 4.80 Å². The van der Waals surface area contributed by atoms with E-state index in [1.165, 1.54) is 11.3 Å². The van der Waals surface area contributed by atoms with Gasteiger partial charge in [-0.15, -0.1) is 11.3 Å². The lowest BCUT2D eigenvalue weighted by Crippen LogP contribution is -2.36. The standard InChI is InChI=1S/C18H28N2O3S/c1-11-12(2)24-18(20(11)4-5-23-3)19-17(22)15-7-13-6-14(8-15)10-16(21)9-13/h13-16,21H,4-10H2,1-3H3/t13-,14+,15?,16?. The molecule has 0 saturated heterocycles. The molecule has 0 aliphatic heterocycles. The van der Waals surface area contributed by atoms with Crippen LogP contribution in [0.3, 0.4) is 0 Å². The number of amides is 1. The molecule has 6 heteroatoms. The zero-order chi connectivity index (χ0) is 17.3. The summed E-state index contributed by atoms with van der Waals surface area (Å²) in [5, 5.41) is 9.91. The van der Waals surface area contributed by atoms with Crippen LogP contribution in [-0.4, -0.2) is 35.4 Å². The van der Waals surface area contributed by atoms with Crippen LogP contribution in [0.15, 0.2) is 4.99 Å². The summed E-state index contributed by atoms with van der Waals surface area (Å²) in [5.41, 5.74) is 1.16. The first-order valence-electron chi connectivity index (χ1n) is 8.90. The number of aliphatic hydroxyl groups excluding tert-OH is 1. The van der Waals surface area contributed by atoms with Crippen molar-refractivity contribution in [2.75, 3.05) is 13.7 Å². The van der Waals surface area contributed by atoms with Crippen LogP contribution in [0.2, 0.25) is 0 Å². The fourth-order valence-corrected chi connectivity index (χ4v) is 5.34. The third kappa shape index (κ3) is 3.81. The number of hydrogen-bond donors (Lipinski definition) is 1. The van der Waals surface area contributed by atoms with Crippen molar-refractivity contribution in [3.05, 3.63) is 15.4 Å². The number of thiazole rings is 1. The normalized spacial score (nSPS) is 30.6. The number of ether oxygens (including phenoxy) is 1. The van der Waals surface area contributed by atoms with E-state index in [4.69, 9.17) is 4.74 Å². The molecule has 1 aromatic rings. The summed E-state index contributed by atoms with van der Waals surface area (Å²) in [4.78, 5) is 19.2. The highest BCUT2D eigenvalue weighted by molar-refractivity contribution is 7.09. The molecule has 2 saturated carbocycles. The van der Waals surface area contributed by atoms with Crippen LogP contribution in [0, 0.1) is 31.6 Å². The molecule has 2 aliphatic rings. The van der Waals surface area contributed by atoms with Gasteiger partial charge in [0.05, 0.1) is 12.7 Å². The van der Waals surface area contributed by atoms with E-state index in [2.05, 4.69) is 23.4 Å². The topological polar surface area (TPSA) is 63.8 Å². The van der Waals surface area contributed by atoms with E-state index in [0.717, 1.165) is 42.7 Å².